The molecular weight excluding hydrogens is 202 g/mol. The fourth-order valence-electron chi connectivity index (χ4n) is 2.71. The molecule has 2 heterocycles. The number of hydrogen-bond donors (Lipinski definition) is 1. The summed E-state index contributed by atoms with van der Waals surface area (Å²) in [5, 5.41) is 9.47. The Morgan fingerprint density at radius 1 is 1.25 bits per heavy atom. The van der Waals surface area contributed by atoms with Gasteiger partial charge >= 0.3 is 0 Å². The Morgan fingerprint density at radius 3 is 2.88 bits per heavy atom. The summed E-state index contributed by atoms with van der Waals surface area (Å²) < 4.78 is 5.75. The minimum atomic E-state index is 0.337. The molecule has 1 fully saturated rings. The minimum absolute atomic E-state index is 0.337. The number of likely N-dealkylation sites (tertiary alicyclic amines) is 1. The van der Waals surface area contributed by atoms with Gasteiger partial charge in [-0.25, -0.2) is 0 Å². The molecule has 16 heavy (non-hydrogen) atoms. The standard InChI is InChI=1S/C13H17NO2/c15-12-3-4-13-10(8-12)7-11(9-16-13)14-5-1-2-6-14/h3-4,8,11,15H,1-2,5-7,9H2. The van der Waals surface area contributed by atoms with Gasteiger partial charge in [0.1, 0.15) is 18.1 Å². The SMILES string of the molecule is Oc1ccc2c(c1)CC(N1CCCC1)CO2. The van der Waals surface area contributed by atoms with Gasteiger partial charge in [-0.2, -0.15) is 0 Å². The molecule has 3 heteroatoms. The second-order valence-corrected chi connectivity index (χ2v) is 4.70. The lowest BCUT2D eigenvalue weighted by Gasteiger charge is -2.32. The van der Waals surface area contributed by atoms with E-state index in [0.29, 0.717) is 11.8 Å². The Balaban J connectivity index is 1.79. The number of fused-ring (bicyclic) bond motifs is 1. The monoisotopic (exact) mass is 219 g/mol. The van der Waals surface area contributed by atoms with Gasteiger partial charge in [0.15, 0.2) is 0 Å². The van der Waals surface area contributed by atoms with Crippen LogP contribution in [0.3, 0.4) is 0 Å². The number of benzene rings is 1. The summed E-state index contributed by atoms with van der Waals surface area (Å²) >= 11 is 0. The number of rotatable bonds is 1. The summed E-state index contributed by atoms with van der Waals surface area (Å²) in [6, 6.07) is 5.88. The van der Waals surface area contributed by atoms with Gasteiger partial charge < -0.3 is 9.84 Å². The first-order valence-electron chi connectivity index (χ1n) is 6.02. The second-order valence-electron chi connectivity index (χ2n) is 4.70. The Bertz CT molecular complexity index is 386. The van der Waals surface area contributed by atoms with Crippen molar-refractivity contribution in [3.63, 3.8) is 0 Å². The molecule has 1 atom stereocenters. The quantitative estimate of drug-likeness (QED) is 0.781. The van der Waals surface area contributed by atoms with Crippen molar-refractivity contribution in [2.75, 3.05) is 19.7 Å². The Labute approximate surface area is 95.6 Å². The molecule has 0 amide bonds. The molecule has 3 rings (SSSR count). The van der Waals surface area contributed by atoms with Gasteiger partial charge in [0.25, 0.3) is 0 Å². The lowest BCUT2D eigenvalue weighted by Crippen LogP contribution is -2.41. The van der Waals surface area contributed by atoms with Gasteiger partial charge in [-0.15, -0.1) is 0 Å². The molecule has 2 aliphatic heterocycles. The predicted octanol–water partition coefficient (Wildman–Crippen LogP) is 1.79. The van der Waals surface area contributed by atoms with Crippen LogP contribution in [0.4, 0.5) is 0 Å². The highest BCUT2D eigenvalue weighted by molar-refractivity contribution is 5.41. The number of hydrogen-bond acceptors (Lipinski definition) is 3. The Morgan fingerprint density at radius 2 is 2.06 bits per heavy atom. The molecule has 1 saturated heterocycles. The van der Waals surface area contributed by atoms with Crippen LogP contribution in [-0.2, 0) is 6.42 Å². The van der Waals surface area contributed by atoms with Gasteiger partial charge in [-0.05, 0) is 56.1 Å². The number of aromatic hydroxyl groups is 1. The summed E-state index contributed by atoms with van der Waals surface area (Å²) in [5.41, 5.74) is 1.14. The van der Waals surface area contributed by atoms with E-state index in [-0.39, 0.29) is 0 Å². The van der Waals surface area contributed by atoms with Crippen LogP contribution in [0.5, 0.6) is 11.5 Å². The van der Waals surface area contributed by atoms with Crippen molar-refractivity contribution < 1.29 is 9.84 Å². The third-order valence-electron chi connectivity index (χ3n) is 3.59. The fraction of sp³-hybridized carbons (Fsp3) is 0.538. The molecule has 0 bridgehead atoms. The van der Waals surface area contributed by atoms with Gasteiger partial charge in [0.05, 0.1) is 0 Å². The average Bonchev–Trinajstić information content (AvgIpc) is 2.81. The van der Waals surface area contributed by atoms with Crippen LogP contribution in [0.15, 0.2) is 18.2 Å². The summed E-state index contributed by atoms with van der Waals surface area (Å²) in [4.78, 5) is 2.51. The van der Waals surface area contributed by atoms with Crippen LogP contribution >= 0.6 is 0 Å². The largest absolute Gasteiger partial charge is 0.508 e. The van der Waals surface area contributed by atoms with Crippen LogP contribution in [-0.4, -0.2) is 35.7 Å². The maximum Gasteiger partial charge on any atom is 0.122 e. The van der Waals surface area contributed by atoms with Gasteiger partial charge in [0, 0.05) is 6.04 Å². The maximum absolute atomic E-state index is 9.47. The van der Waals surface area contributed by atoms with E-state index in [1.54, 1.807) is 6.07 Å². The first-order chi connectivity index (χ1) is 7.83. The van der Waals surface area contributed by atoms with E-state index >= 15 is 0 Å². The molecule has 2 aliphatic rings. The van der Waals surface area contributed by atoms with Crippen molar-refractivity contribution >= 4 is 0 Å². The molecule has 0 saturated carbocycles. The molecule has 0 aromatic heterocycles. The van der Waals surface area contributed by atoms with E-state index in [2.05, 4.69) is 4.90 Å². The molecular formula is C13H17NO2. The smallest absolute Gasteiger partial charge is 0.122 e. The molecule has 3 nitrogen and oxygen atoms in total. The first kappa shape index (κ1) is 9.97. The van der Waals surface area contributed by atoms with Gasteiger partial charge in [0.2, 0.25) is 0 Å². The third kappa shape index (κ3) is 1.76. The molecule has 1 aromatic rings. The summed E-state index contributed by atoms with van der Waals surface area (Å²) in [7, 11) is 0. The molecule has 1 aromatic carbocycles. The van der Waals surface area contributed by atoms with Gasteiger partial charge in [-0.1, -0.05) is 0 Å². The number of ether oxygens (including phenoxy) is 1. The van der Waals surface area contributed by atoms with E-state index in [1.807, 2.05) is 12.1 Å². The van der Waals surface area contributed by atoms with Crippen LogP contribution in [0.2, 0.25) is 0 Å². The van der Waals surface area contributed by atoms with Crippen LogP contribution < -0.4 is 4.74 Å². The molecule has 0 radical (unpaired) electrons. The molecule has 0 spiro atoms. The van der Waals surface area contributed by atoms with Crippen LogP contribution in [0, 0.1) is 0 Å². The Kier molecular flexibility index (Phi) is 2.48. The topological polar surface area (TPSA) is 32.7 Å². The summed E-state index contributed by atoms with van der Waals surface area (Å²) in [6.07, 6.45) is 3.62. The summed E-state index contributed by atoms with van der Waals surface area (Å²) in [6.45, 7) is 3.18. The van der Waals surface area contributed by atoms with E-state index in [9.17, 15) is 5.11 Å². The van der Waals surface area contributed by atoms with E-state index in [1.165, 1.54) is 25.9 Å². The Hall–Kier alpha value is -1.22. The lowest BCUT2D eigenvalue weighted by molar-refractivity contribution is 0.142. The summed E-state index contributed by atoms with van der Waals surface area (Å²) in [5.74, 6) is 1.28. The zero-order valence-corrected chi connectivity index (χ0v) is 9.35. The molecule has 86 valence electrons. The average molecular weight is 219 g/mol. The van der Waals surface area contributed by atoms with Gasteiger partial charge in [-0.3, -0.25) is 4.90 Å². The van der Waals surface area contributed by atoms with Crippen molar-refractivity contribution in [2.45, 2.75) is 25.3 Å². The first-order valence-corrected chi connectivity index (χ1v) is 6.02. The second kappa shape index (κ2) is 3.98. The highest BCUT2D eigenvalue weighted by Gasteiger charge is 2.27. The predicted molar refractivity (Wildman–Crippen MR) is 61.9 cm³/mol. The minimum Gasteiger partial charge on any atom is -0.508 e. The fourth-order valence-corrected chi connectivity index (χ4v) is 2.71. The number of nitrogens with zero attached hydrogens (tertiary/aromatic N) is 1. The maximum atomic E-state index is 9.47. The zero-order chi connectivity index (χ0) is 11.0. The molecule has 1 unspecified atom stereocenters. The van der Waals surface area contributed by atoms with Crippen molar-refractivity contribution in [1.29, 1.82) is 0 Å². The zero-order valence-electron chi connectivity index (χ0n) is 9.35. The normalized spacial score (nSPS) is 25.1. The number of phenolic OH excluding ortho intramolecular Hbond substituents is 1. The van der Waals surface area contributed by atoms with Crippen molar-refractivity contribution in [3.8, 4) is 11.5 Å². The highest BCUT2D eigenvalue weighted by Crippen LogP contribution is 2.30. The lowest BCUT2D eigenvalue weighted by atomic mass is 10.0. The number of phenols is 1. The van der Waals surface area contributed by atoms with Crippen molar-refractivity contribution in [3.05, 3.63) is 23.8 Å². The highest BCUT2D eigenvalue weighted by atomic mass is 16.5. The van der Waals surface area contributed by atoms with E-state index in [4.69, 9.17) is 4.74 Å². The van der Waals surface area contributed by atoms with Crippen molar-refractivity contribution in [1.82, 2.24) is 4.90 Å². The van der Waals surface area contributed by atoms with E-state index in [0.717, 1.165) is 24.3 Å². The van der Waals surface area contributed by atoms with Crippen LogP contribution in [0.25, 0.3) is 0 Å². The van der Waals surface area contributed by atoms with Crippen LogP contribution in [0.1, 0.15) is 18.4 Å². The third-order valence-corrected chi connectivity index (χ3v) is 3.59. The molecule has 1 N–H and O–H groups in total. The molecule has 0 aliphatic carbocycles. The van der Waals surface area contributed by atoms with E-state index < -0.39 is 0 Å². The van der Waals surface area contributed by atoms with Crippen molar-refractivity contribution in [2.24, 2.45) is 0 Å².